The molecule has 28 heavy (non-hydrogen) atoms. The maximum Gasteiger partial charge on any atom is 0.139 e. The van der Waals surface area contributed by atoms with Gasteiger partial charge < -0.3 is 21.1 Å². The molecule has 1 aliphatic heterocycles. The lowest BCUT2D eigenvalue weighted by Gasteiger charge is -2.23. The van der Waals surface area contributed by atoms with Crippen LogP contribution in [0.3, 0.4) is 0 Å². The molecular weight excluding hydrogens is 350 g/mol. The van der Waals surface area contributed by atoms with Crippen molar-refractivity contribution < 1.29 is 4.74 Å². The van der Waals surface area contributed by atoms with Crippen molar-refractivity contribution in [1.29, 1.82) is 0 Å². The average molecular weight is 377 g/mol. The second-order valence-electron chi connectivity index (χ2n) is 6.69. The van der Waals surface area contributed by atoms with Gasteiger partial charge in [-0.1, -0.05) is 31.4 Å². The Morgan fingerprint density at radius 3 is 2.64 bits per heavy atom. The maximum atomic E-state index is 6.18. The largest absolute Gasteiger partial charge is 0.457 e. The highest BCUT2D eigenvalue weighted by molar-refractivity contribution is 5.83. The van der Waals surface area contributed by atoms with Gasteiger partial charge in [-0.05, 0) is 61.7 Å². The number of nitrogen functional groups attached to an aromatic ring is 1. The molecule has 6 heteroatoms. The Morgan fingerprint density at radius 2 is 1.96 bits per heavy atom. The summed E-state index contributed by atoms with van der Waals surface area (Å²) in [5.74, 6) is 3.19. The van der Waals surface area contributed by atoms with Crippen molar-refractivity contribution in [3.8, 4) is 16.9 Å². The Morgan fingerprint density at radius 1 is 1.21 bits per heavy atom. The lowest BCUT2D eigenvalue weighted by molar-refractivity contribution is 0.389. The van der Waals surface area contributed by atoms with E-state index >= 15 is 0 Å². The number of nitrogens with two attached hydrogens (primary N) is 1. The summed E-state index contributed by atoms with van der Waals surface area (Å²) < 4.78 is 5.77. The maximum absolute atomic E-state index is 6.18. The molecular formula is C22H27N5O. The molecule has 2 heterocycles. The van der Waals surface area contributed by atoms with E-state index in [1.807, 2.05) is 24.3 Å². The second-order valence-corrected chi connectivity index (χ2v) is 6.69. The number of hydrogen-bond acceptors (Lipinski definition) is 6. The van der Waals surface area contributed by atoms with E-state index in [9.17, 15) is 0 Å². The monoisotopic (exact) mass is 377 g/mol. The number of rotatable bonds is 8. The average Bonchev–Trinajstić information content (AvgIpc) is 2.73. The van der Waals surface area contributed by atoms with Gasteiger partial charge in [-0.3, -0.25) is 0 Å². The lowest BCUT2D eigenvalue weighted by Crippen LogP contribution is -2.31. The first kappa shape index (κ1) is 19.6. The van der Waals surface area contributed by atoms with Gasteiger partial charge in [-0.2, -0.15) is 0 Å². The molecule has 0 saturated carbocycles. The van der Waals surface area contributed by atoms with Gasteiger partial charge in [0.05, 0.1) is 5.56 Å². The van der Waals surface area contributed by atoms with E-state index in [0.29, 0.717) is 23.2 Å². The number of aromatic nitrogens is 2. The van der Waals surface area contributed by atoms with E-state index in [2.05, 4.69) is 33.8 Å². The van der Waals surface area contributed by atoms with E-state index in [0.717, 1.165) is 36.6 Å². The van der Waals surface area contributed by atoms with Crippen LogP contribution in [0.15, 0.2) is 67.7 Å². The molecule has 0 atom stereocenters. The Hall–Kier alpha value is -3.12. The first-order chi connectivity index (χ1) is 13.7. The van der Waals surface area contributed by atoms with Crippen molar-refractivity contribution in [1.82, 2.24) is 15.3 Å². The Balaban J connectivity index is 1.77. The van der Waals surface area contributed by atoms with Crippen LogP contribution in [-0.2, 0) is 0 Å². The van der Waals surface area contributed by atoms with Crippen molar-refractivity contribution in [2.24, 2.45) is 5.92 Å². The highest BCUT2D eigenvalue weighted by atomic mass is 16.5. The fourth-order valence-electron chi connectivity index (χ4n) is 3.23. The number of anilines is 2. The van der Waals surface area contributed by atoms with Gasteiger partial charge in [0.25, 0.3) is 0 Å². The number of nitrogens with one attached hydrogen (secondary N) is 2. The minimum absolute atomic E-state index is 0.454. The van der Waals surface area contributed by atoms with Crippen LogP contribution in [0.2, 0.25) is 0 Å². The molecule has 0 unspecified atom stereocenters. The zero-order valence-electron chi connectivity index (χ0n) is 16.0. The highest BCUT2D eigenvalue weighted by Gasteiger charge is 2.16. The normalized spacial score (nSPS) is 15.1. The summed E-state index contributed by atoms with van der Waals surface area (Å²) in [6, 6.07) is 7.68. The molecule has 1 aromatic carbocycles. The van der Waals surface area contributed by atoms with Crippen LogP contribution in [0.1, 0.15) is 12.8 Å². The molecule has 3 rings (SSSR count). The Labute approximate surface area is 166 Å². The number of ether oxygens (including phenoxy) is 1. The second kappa shape index (κ2) is 9.71. The van der Waals surface area contributed by atoms with Crippen LogP contribution >= 0.6 is 0 Å². The lowest BCUT2D eigenvalue weighted by atomic mass is 9.98. The Kier molecular flexibility index (Phi) is 6.81. The minimum Gasteiger partial charge on any atom is -0.457 e. The third-order valence-electron chi connectivity index (χ3n) is 4.76. The summed E-state index contributed by atoms with van der Waals surface area (Å²) in [5.41, 5.74) is 7.93. The first-order valence-corrected chi connectivity index (χ1v) is 9.49. The van der Waals surface area contributed by atoms with Crippen molar-refractivity contribution in [3.63, 3.8) is 0 Å². The first-order valence-electron chi connectivity index (χ1n) is 9.49. The molecule has 2 aromatic rings. The third kappa shape index (κ3) is 4.98. The zero-order valence-corrected chi connectivity index (χ0v) is 16.0. The van der Waals surface area contributed by atoms with E-state index in [-0.39, 0.29) is 0 Å². The van der Waals surface area contributed by atoms with Gasteiger partial charge in [0.2, 0.25) is 0 Å². The molecule has 146 valence electrons. The highest BCUT2D eigenvalue weighted by Crippen LogP contribution is 2.32. The predicted molar refractivity (Wildman–Crippen MR) is 115 cm³/mol. The van der Waals surface area contributed by atoms with Gasteiger partial charge in [0.1, 0.15) is 29.5 Å². The molecule has 1 fully saturated rings. The molecule has 0 radical (unpaired) electrons. The summed E-state index contributed by atoms with van der Waals surface area (Å²) >= 11 is 0. The molecule has 1 aliphatic rings. The SMILES string of the molecule is C=C/C=C(\C=C)Oc1ccc(-c2c(N)ncnc2NCC2CCNCC2)cc1. The summed E-state index contributed by atoms with van der Waals surface area (Å²) in [6.45, 7) is 10.4. The van der Waals surface area contributed by atoms with E-state index < -0.39 is 0 Å². The van der Waals surface area contributed by atoms with Gasteiger partial charge in [0.15, 0.2) is 0 Å². The van der Waals surface area contributed by atoms with Crippen LogP contribution in [0.5, 0.6) is 5.75 Å². The quantitative estimate of drug-likeness (QED) is 0.480. The summed E-state index contributed by atoms with van der Waals surface area (Å²) in [7, 11) is 0. The molecule has 0 bridgehead atoms. The number of hydrogen-bond donors (Lipinski definition) is 3. The molecule has 1 aromatic heterocycles. The molecule has 0 aliphatic carbocycles. The fraction of sp³-hybridized carbons (Fsp3) is 0.273. The number of allylic oxidation sites excluding steroid dienone is 3. The smallest absolute Gasteiger partial charge is 0.139 e. The number of piperidine rings is 1. The Bertz CT molecular complexity index is 839. The zero-order chi connectivity index (χ0) is 19.8. The summed E-state index contributed by atoms with van der Waals surface area (Å²) in [4.78, 5) is 8.60. The van der Waals surface area contributed by atoms with Crippen molar-refractivity contribution in [3.05, 3.63) is 67.7 Å². The summed E-state index contributed by atoms with van der Waals surface area (Å²) in [6.07, 6.45) is 8.89. The van der Waals surface area contributed by atoms with Gasteiger partial charge in [0, 0.05) is 6.54 Å². The van der Waals surface area contributed by atoms with Gasteiger partial charge in [-0.15, -0.1) is 0 Å². The molecule has 1 saturated heterocycles. The molecule has 0 amide bonds. The van der Waals surface area contributed by atoms with E-state index in [4.69, 9.17) is 10.5 Å². The van der Waals surface area contributed by atoms with Crippen molar-refractivity contribution >= 4 is 11.6 Å². The van der Waals surface area contributed by atoms with Gasteiger partial charge >= 0.3 is 0 Å². The predicted octanol–water partition coefficient (Wildman–Crippen LogP) is 3.77. The number of nitrogens with zero attached hydrogens (tertiary/aromatic N) is 2. The topological polar surface area (TPSA) is 85.1 Å². The van der Waals surface area contributed by atoms with Crippen LogP contribution in [0.4, 0.5) is 11.6 Å². The third-order valence-corrected chi connectivity index (χ3v) is 4.76. The van der Waals surface area contributed by atoms with Crippen LogP contribution in [0, 0.1) is 5.92 Å². The minimum atomic E-state index is 0.454. The number of benzene rings is 1. The van der Waals surface area contributed by atoms with Gasteiger partial charge in [-0.25, -0.2) is 9.97 Å². The van der Waals surface area contributed by atoms with E-state index in [1.165, 1.54) is 19.2 Å². The van der Waals surface area contributed by atoms with Crippen molar-refractivity contribution in [2.45, 2.75) is 12.8 Å². The van der Waals surface area contributed by atoms with Crippen LogP contribution < -0.4 is 21.1 Å². The van der Waals surface area contributed by atoms with E-state index in [1.54, 1.807) is 18.2 Å². The standard InChI is InChI=1S/C22H27N5O/c1-3-5-18(4-2)28-19-8-6-17(7-9-19)20-21(23)26-15-27-22(20)25-14-16-10-12-24-13-11-16/h3-9,15-16,24H,1-2,10-14H2,(H3,23,25,26,27)/b18-5+. The molecule has 4 N–H and O–H groups in total. The fourth-order valence-corrected chi connectivity index (χ4v) is 3.23. The summed E-state index contributed by atoms with van der Waals surface area (Å²) in [5, 5.41) is 6.86. The van der Waals surface area contributed by atoms with Crippen LogP contribution in [-0.4, -0.2) is 29.6 Å². The molecule has 0 spiro atoms. The van der Waals surface area contributed by atoms with Crippen molar-refractivity contribution in [2.75, 3.05) is 30.7 Å². The molecule has 6 nitrogen and oxygen atoms in total. The van der Waals surface area contributed by atoms with Crippen LogP contribution in [0.25, 0.3) is 11.1 Å².